The summed E-state index contributed by atoms with van der Waals surface area (Å²) in [5.74, 6) is 2.95. The van der Waals surface area contributed by atoms with Crippen molar-refractivity contribution in [3.8, 4) is 0 Å². The Morgan fingerprint density at radius 3 is 2.43 bits per heavy atom. The standard InChI is InChI=1S/C19H36I2/c1-4-6-7-11-18(16(3)9-5-2)12-8-10-17-13-14-19(20)21-15-17/h15-19H,4-14H2,1-3H3/t16-,17?,18?,19-/m0/s1. The van der Waals surface area contributed by atoms with Gasteiger partial charge in [-0.2, -0.15) is 0 Å². The summed E-state index contributed by atoms with van der Waals surface area (Å²) in [5, 5.41) is 0. The highest BCUT2D eigenvalue weighted by Crippen LogP contribution is 2.33. The van der Waals surface area contributed by atoms with Gasteiger partial charge in [0.25, 0.3) is 0 Å². The molecule has 1 aliphatic rings. The van der Waals surface area contributed by atoms with Crippen molar-refractivity contribution in [3.05, 3.63) is 0 Å². The molecule has 1 heterocycles. The number of halogens is 2. The van der Waals surface area contributed by atoms with E-state index in [9.17, 15) is 0 Å². The van der Waals surface area contributed by atoms with Crippen LogP contribution in [0, 0.1) is 17.8 Å². The molecule has 4 atom stereocenters. The average molecular weight is 518 g/mol. The van der Waals surface area contributed by atoms with Gasteiger partial charge in [-0.25, -0.2) is 0 Å². The fraction of sp³-hybridized carbons (Fsp3) is 0.947. The molecule has 0 amide bonds. The summed E-state index contributed by atoms with van der Waals surface area (Å²) in [7, 11) is 0. The van der Waals surface area contributed by atoms with Crippen LogP contribution in [0.5, 0.6) is 0 Å². The van der Waals surface area contributed by atoms with E-state index in [1.54, 1.807) is 0 Å². The second-order valence-corrected chi connectivity index (χ2v) is 13.8. The van der Waals surface area contributed by atoms with E-state index in [4.69, 9.17) is 0 Å². The third-order valence-electron chi connectivity index (χ3n) is 5.02. The van der Waals surface area contributed by atoms with Crippen LogP contribution in [0.25, 0.3) is 0 Å². The lowest BCUT2D eigenvalue weighted by molar-refractivity contribution is 0.278. The summed E-state index contributed by atoms with van der Waals surface area (Å²) in [5.41, 5.74) is 0. The molecule has 0 aliphatic carbocycles. The van der Waals surface area contributed by atoms with Crippen molar-refractivity contribution in [2.45, 2.75) is 93.3 Å². The SMILES string of the molecule is CCCCCC(CCCC1C=I[C@H](I)CC1)[C@@H](C)CCC. The highest BCUT2D eigenvalue weighted by atomic mass is 127. The molecule has 0 aromatic carbocycles. The Labute approximate surface area is 157 Å². The lowest BCUT2D eigenvalue weighted by atomic mass is 9.82. The highest BCUT2D eigenvalue weighted by molar-refractivity contribution is 14.2. The van der Waals surface area contributed by atoms with Gasteiger partial charge < -0.3 is 0 Å². The van der Waals surface area contributed by atoms with Crippen LogP contribution >= 0.6 is 43.3 Å². The van der Waals surface area contributed by atoms with Crippen molar-refractivity contribution >= 4 is 47.3 Å². The highest BCUT2D eigenvalue weighted by Gasteiger charge is 2.18. The van der Waals surface area contributed by atoms with E-state index >= 15 is 0 Å². The number of hydrogen-bond acceptors (Lipinski definition) is 0. The topological polar surface area (TPSA) is 0 Å². The molecule has 0 aromatic heterocycles. The molecular weight excluding hydrogens is 482 g/mol. The van der Waals surface area contributed by atoms with E-state index in [1.165, 1.54) is 70.6 Å². The maximum Gasteiger partial charge on any atom is 0.0576 e. The fourth-order valence-corrected chi connectivity index (χ4v) is 7.45. The third-order valence-corrected chi connectivity index (χ3v) is 10.3. The van der Waals surface area contributed by atoms with Gasteiger partial charge in [0.15, 0.2) is 0 Å². The van der Waals surface area contributed by atoms with E-state index in [0.717, 1.165) is 19.7 Å². The van der Waals surface area contributed by atoms with Gasteiger partial charge in [-0.15, -0.1) is 20.7 Å². The lowest BCUT2D eigenvalue weighted by Crippen LogP contribution is -2.14. The van der Waals surface area contributed by atoms with Gasteiger partial charge in [0.05, 0.1) is 1.93 Å². The van der Waals surface area contributed by atoms with Crippen LogP contribution in [0.3, 0.4) is 0 Å². The van der Waals surface area contributed by atoms with Crippen molar-refractivity contribution in [1.82, 2.24) is 0 Å². The first-order valence-corrected chi connectivity index (χ1v) is 13.0. The van der Waals surface area contributed by atoms with Crippen LogP contribution in [0.1, 0.15) is 91.4 Å². The van der Waals surface area contributed by atoms with E-state index in [0.29, 0.717) is 20.7 Å². The van der Waals surface area contributed by atoms with E-state index in [1.807, 2.05) is 0 Å². The zero-order valence-electron chi connectivity index (χ0n) is 14.4. The molecule has 0 radical (unpaired) electrons. The summed E-state index contributed by atoms with van der Waals surface area (Å²) in [6.07, 6.45) is 16.0. The Balaban J connectivity index is 2.28. The quantitative estimate of drug-likeness (QED) is 0.149. The van der Waals surface area contributed by atoms with Crippen LogP contribution in [-0.2, 0) is 0 Å². The summed E-state index contributed by atoms with van der Waals surface area (Å²) in [6.45, 7) is 7.19. The molecular formula is C19H36I2. The molecule has 21 heavy (non-hydrogen) atoms. The van der Waals surface area contributed by atoms with Crippen LogP contribution in [0.4, 0.5) is 0 Å². The van der Waals surface area contributed by atoms with E-state index < -0.39 is 0 Å². The molecule has 1 aliphatic heterocycles. The van der Waals surface area contributed by atoms with Crippen LogP contribution in [0.15, 0.2) is 0 Å². The molecule has 126 valence electrons. The van der Waals surface area contributed by atoms with Crippen molar-refractivity contribution in [2.24, 2.45) is 17.8 Å². The zero-order chi connectivity index (χ0) is 15.5. The van der Waals surface area contributed by atoms with Crippen LogP contribution < -0.4 is 0 Å². The minimum atomic E-state index is 0.409. The van der Waals surface area contributed by atoms with Crippen molar-refractivity contribution in [1.29, 1.82) is 0 Å². The number of alkyl halides is 2. The Morgan fingerprint density at radius 1 is 1.05 bits per heavy atom. The first-order chi connectivity index (χ1) is 10.2. The molecule has 2 unspecified atom stereocenters. The smallest absolute Gasteiger partial charge is 0.0576 e. The largest absolute Gasteiger partial charge is 0.112 e. The summed E-state index contributed by atoms with van der Waals surface area (Å²) < 4.78 is 3.77. The Bertz CT molecular complexity index is 275. The summed E-state index contributed by atoms with van der Waals surface area (Å²) in [6, 6.07) is 0. The van der Waals surface area contributed by atoms with Crippen LogP contribution in [0.2, 0.25) is 0 Å². The average Bonchev–Trinajstić information content (AvgIpc) is 2.48. The van der Waals surface area contributed by atoms with Gasteiger partial charge in [0.1, 0.15) is 0 Å². The Kier molecular flexibility index (Phi) is 12.3. The molecule has 0 N–H and O–H groups in total. The van der Waals surface area contributed by atoms with E-state index in [2.05, 4.69) is 47.4 Å². The van der Waals surface area contributed by atoms with Crippen molar-refractivity contribution in [2.75, 3.05) is 0 Å². The molecule has 0 aromatic rings. The molecule has 0 nitrogen and oxygen atoms in total. The first kappa shape index (κ1) is 20.4. The predicted molar refractivity (Wildman–Crippen MR) is 116 cm³/mol. The molecule has 0 saturated heterocycles. The summed E-state index contributed by atoms with van der Waals surface area (Å²) >= 11 is 3.08. The molecule has 0 fully saturated rings. The van der Waals surface area contributed by atoms with E-state index in [-0.39, 0.29) is 0 Å². The lowest BCUT2D eigenvalue weighted by Gasteiger charge is -2.25. The zero-order valence-corrected chi connectivity index (χ0v) is 18.7. The van der Waals surface area contributed by atoms with Gasteiger partial charge in [-0.1, -0.05) is 98.7 Å². The molecule has 0 saturated carbocycles. The van der Waals surface area contributed by atoms with Gasteiger partial charge in [0, 0.05) is 0 Å². The minimum absolute atomic E-state index is 0.409. The van der Waals surface area contributed by atoms with Gasteiger partial charge in [-0.05, 0) is 37.0 Å². The maximum absolute atomic E-state index is 2.74. The molecule has 2 heteroatoms. The Hall–Kier alpha value is 1.33. The predicted octanol–water partition coefficient (Wildman–Crippen LogP) is 7.73. The van der Waals surface area contributed by atoms with Gasteiger partial charge in [0.2, 0.25) is 0 Å². The number of rotatable bonds is 11. The molecule has 1 rings (SSSR count). The van der Waals surface area contributed by atoms with Gasteiger partial charge in [-0.3, -0.25) is 0 Å². The van der Waals surface area contributed by atoms with Crippen LogP contribution in [-0.4, -0.2) is 5.94 Å². The molecule has 0 spiro atoms. The minimum Gasteiger partial charge on any atom is -0.112 e. The second kappa shape index (κ2) is 12.7. The van der Waals surface area contributed by atoms with Gasteiger partial charge >= 0.3 is 0 Å². The molecule has 0 bridgehead atoms. The monoisotopic (exact) mass is 518 g/mol. The summed E-state index contributed by atoms with van der Waals surface area (Å²) in [4.78, 5) is 0. The first-order valence-electron chi connectivity index (χ1n) is 9.26. The number of unbranched alkanes of at least 4 members (excludes halogenated alkanes) is 2. The Morgan fingerprint density at radius 2 is 1.81 bits per heavy atom. The normalized spacial score (nSPS) is 25.3. The third kappa shape index (κ3) is 9.26. The maximum atomic E-state index is 2.74. The fourth-order valence-electron chi connectivity index (χ4n) is 3.56. The second-order valence-electron chi connectivity index (χ2n) is 6.93. The van der Waals surface area contributed by atoms with Crippen molar-refractivity contribution in [3.63, 3.8) is 0 Å². The number of hydrogen-bond donors (Lipinski definition) is 0. The van der Waals surface area contributed by atoms with Crippen molar-refractivity contribution < 1.29 is 0 Å².